The molecule has 0 N–H and O–H groups in total. The third kappa shape index (κ3) is 2.80. The molecule has 0 fully saturated rings. The zero-order chi connectivity index (χ0) is 8.97. The van der Waals surface area contributed by atoms with Crippen LogP contribution in [-0.4, -0.2) is 16.6 Å². The van der Waals surface area contributed by atoms with Crippen LogP contribution in [-0.2, 0) is 11.2 Å². The third-order valence-electron chi connectivity index (χ3n) is 1.34. The first-order valence-corrected chi connectivity index (χ1v) is 4.31. The molecule has 0 aliphatic heterocycles. The number of halogens is 2. The fourth-order valence-corrected chi connectivity index (χ4v) is 0.992. The van der Waals surface area contributed by atoms with Crippen molar-refractivity contribution in [2.24, 2.45) is 0 Å². The summed E-state index contributed by atoms with van der Waals surface area (Å²) in [5.41, 5.74) is 0.838. The van der Waals surface area contributed by atoms with Crippen molar-refractivity contribution in [2.75, 3.05) is 5.88 Å². The molecule has 64 valence electrons. The summed E-state index contributed by atoms with van der Waals surface area (Å²) >= 11 is 10.9. The highest BCUT2D eigenvalue weighted by Gasteiger charge is 2.01. The van der Waals surface area contributed by atoms with Crippen molar-refractivity contribution in [3.63, 3.8) is 0 Å². The number of rotatable bonds is 3. The van der Waals surface area contributed by atoms with E-state index < -0.39 is 0 Å². The number of hydrogen-bond donors (Lipinski definition) is 0. The highest BCUT2D eigenvalue weighted by molar-refractivity contribution is 6.29. The van der Waals surface area contributed by atoms with E-state index in [1.54, 1.807) is 18.3 Å². The van der Waals surface area contributed by atoms with Crippen LogP contribution in [0.5, 0.6) is 0 Å². The lowest BCUT2D eigenvalue weighted by atomic mass is 10.2. The molecule has 2 nitrogen and oxygen atoms in total. The lowest BCUT2D eigenvalue weighted by Gasteiger charge is -1.96. The van der Waals surface area contributed by atoms with Gasteiger partial charge in [-0.05, 0) is 11.6 Å². The normalized spacial score (nSPS) is 9.83. The number of carbonyl (C=O) groups excluding carboxylic acids is 1. The average molecular weight is 204 g/mol. The van der Waals surface area contributed by atoms with Gasteiger partial charge in [-0.1, -0.05) is 17.7 Å². The van der Waals surface area contributed by atoms with Gasteiger partial charge in [0.15, 0.2) is 5.78 Å². The number of ketones is 1. The van der Waals surface area contributed by atoms with E-state index >= 15 is 0 Å². The molecule has 0 saturated heterocycles. The summed E-state index contributed by atoms with van der Waals surface area (Å²) < 4.78 is 0. The number of aromatic nitrogens is 1. The highest BCUT2D eigenvalue weighted by Crippen LogP contribution is 2.06. The van der Waals surface area contributed by atoms with E-state index in [4.69, 9.17) is 23.2 Å². The lowest BCUT2D eigenvalue weighted by Crippen LogP contribution is -2.03. The quantitative estimate of drug-likeness (QED) is 0.557. The average Bonchev–Trinajstić information content (AvgIpc) is 2.09. The summed E-state index contributed by atoms with van der Waals surface area (Å²) in [4.78, 5) is 14.7. The van der Waals surface area contributed by atoms with E-state index in [-0.39, 0.29) is 11.7 Å². The van der Waals surface area contributed by atoms with Crippen molar-refractivity contribution in [2.45, 2.75) is 6.42 Å². The van der Waals surface area contributed by atoms with Crippen molar-refractivity contribution < 1.29 is 4.79 Å². The zero-order valence-corrected chi connectivity index (χ0v) is 7.77. The fourth-order valence-electron chi connectivity index (χ4n) is 0.786. The maximum atomic E-state index is 10.9. The minimum atomic E-state index is -0.0132. The van der Waals surface area contributed by atoms with E-state index in [0.29, 0.717) is 11.6 Å². The Morgan fingerprint density at radius 2 is 2.25 bits per heavy atom. The molecule has 0 aliphatic rings. The van der Waals surface area contributed by atoms with Crippen LogP contribution in [0.4, 0.5) is 0 Å². The second-order valence-electron chi connectivity index (χ2n) is 2.34. The smallest absolute Gasteiger partial charge is 0.152 e. The van der Waals surface area contributed by atoms with Gasteiger partial charge in [0, 0.05) is 12.6 Å². The molecule has 0 aromatic carbocycles. The highest BCUT2D eigenvalue weighted by atomic mass is 35.5. The van der Waals surface area contributed by atoms with Crippen molar-refractivity contribution >= 4 is 29.0 Å². The molecule has 0 bridgehead atoms. The van der Waals surface area contributed by atoms with Crippen LogP contribution in [0.1, 0.15) is 5.56 Å². The molecule has 1 heterocycles. The van der Waals surface area contributed by atoms with E-state index in [1.165, 1.54) is 0 Å². The van der Waals surface area contributed by atoms with Gasteiger partial charge in [-0.15, -0.1) is 11.6 Å². The Balaban J connectivity index is 2.64. The fraction of sp³-hybridized carbons (Fsp3) is 0.250. The summed E-state index contributed by atoms with van der Waals surface area (Å²) in [5, 5.41) is 0.428. The molecule has 1 aromatic heterocycles. The van der Waals surface area contributed by atoms with Crippen molar-refractivity contribution in [3.8, 4) is 0 Å². The first-order valence-electron chi connectivity index (χ1n) is 3.40. The molecular formula is C8H7Cl2NO. The Labute approximate surface area is 80.5 Å². The van der Waals surface area contributed by atoms with Gasteiger partial charge in [-0.25, -0.2) is 4.98 Å². The molecule has 0 radical (unpaired) electrons. The minimum absolute atomic E-state index is 0.0132. The first-order chi connectivity index (χ1) is 5.72. The first kappa shape index (κ1) is 9.49. The van der Waals surface area contributed by atoms with Crippen molar-refractivity contribution in [3.05, 3.63) is 29.0 Å². The number of alkyl halides is 1. The summed E-state index contributed by atoms with van der Waals surface area (Å²) in [6.07, 6.45) is 1.90. The second-order valence-corrected chi connectivity index (χ2v) is 2.99. The van der Waals surface area contributed by atoms with Gasteiger partial charge in [-0.2, -0.15) is 0 Å². The standard InChI is InChI=1S/C8H7Cl2NO/c9-4-7(12)3-6-1-2-8(10)11-5-6/h1-2,5H,3-4H2. The van der Waals surface area contributed by atoms with E-state index in [2.05, 4.69) is 4.98 Å². The molecule has 1 rings (SSSR count). The molecule has 0 saturated carbocycles. The topological polar surface area (TPSA) is 30.0 Å². The molecule has 1 aromatic rings. The van der Waals surface area contributed by atoms with Gasteiger partial charge >= 0.3 is 0 Å². The van der Waals surface area contributed by atoms with Gasteiger partial charge in [-0.3, -0.25) is 4.79 Å². The summed E-state index contributed by atoms with van der Waals surface area (Å²) in [7, 11) is 0. The van der Waals surface area contributed by atoms with Crippen LogP contribution in [0, 0.1) is 0 Å². The van der Waals surface area contributed by atoms with Crippen LogP contribution >= 0.6 is 23.2 Å². The Hall–Kier alpha value is -0.600. The van der Waals surface area contributed by atoms with Crippen LogP contribution in [0.25, 0.3) is 0 Å². The molecule has 4 heteroatoms. The molecule has 0 amide bonds. The third-order valence-corrected chi connectivity index (χ3v) is 1.86. The zero-order valence-electron chi connectivity index (χ0n) is 6.26. The predicted octanol–water partition coefficient (Wildman–Crippen LogP) is 2.09. The summed E-state index contributed by atoms with van der Waals surface area (Å²) in [6.45, 7) is 0. The van der Waals surface area contributed by atoms with Crippen molar-refractivity contribution in [1.29, 1.82) is 0 Å². The van der Waals surface area contributed by atoms with Gasteiger partial charge in [0.2, 0.25) is 0 Å². The van der Waals surface area contributed by atoms with E-state index in [0.717, 1.165) is 5.56 Å². The second kappa shape index (κ2) is 4.43. The maximum Gasteiger partial charge on any atom is 0.152 e. The molecular weight excluding hydrogens is 197 g/mol. The number of hydrogen-bond acceptors (Lipinski definition) is 2. The predicted molar refractivity (Wildman–Crippen MR) is 48.7 cm³/mol. The summed E-state index contributed by atoms with van der Waals surface area (Å²) in [5.74, 6) is 0.0311. The minimum Gasteiger partial charge on any atom is -0.298 e. The number of carbonyl (C=O) groups is 1. The Kier molecular flexibility index (Phi) is 3.50. The maximum absolute atomic E-state index is 10.9. The summed E-state index contributed by atoms with van der Waals surface area (Å²) in [6, 6.07) is 3.41. The van der Waals surface area contributed by atoms with Crippen LogP contribution in [0.15, 0.2) is 18.3 Å². The molecule has 0 spiro atoms. The molecule has 0 unspecified atom stereocenters. The Bertz CT molecular complexity index is 271. The monoisotopic (exact) mass is 203 g/mol. The van der Waals surface area contributed by atoms with Crippen LogP contribution in [0.2, 0.25) is 5.15 Å². The number of nitrogens with zero attached hydrogens (tertiary/aromatic N) is 1. The SMILES string of the molecule is O=C(CCl)Cc1ccc(Cl)nc1. The van der Waals surface area contributed by atoms with Gasteiger partial charge in [0.05, 0.1) is 5.88 Å². The Morgan fingerprint density at radius 3 is 2.75 bits per heavy atom. The van der Waals surface area contributed by atoms with Gasteiger partial charge in [0.25, 0.3) is 0 Å². The molecule has 12 heavy (non-hydrogen) atoms. The largest absolute Gasteiger partial charge is 0.298 e. The molecule has 0 atom stereocenters. The van der Waals surface area contributed by atoms with Gasteiger partial charge < -0.3 is 0 Å². The molecule has 0 aliphatic carbocycles. The van der Waals surface area contributed by atoms with Crippen molar-refractivity contribution in [1.82, 2.24) is 4.98 Å². The number of Topliss-reactive ketones (excluding diaryl/α,β-unsaturated/α-hetero) is 1. The Morgan fingerprint density at radius 1 is 1.50 bits per heavy atom. The van der Waals surface area contributed by atoms with E-state index in [9.17, 15) is 4.79 Å². The lowest BCUT2D eigenvalue weighted by molar-refractivity contribution is -0.116. The van der Waals surface area contributed by atoms with Gasteiger partial charge in [0.1, 0.15) is 5.15 Å². The van der Waals surface area contributed by atoms with E-state index in [1.807, 2.05) is 0 Å². The number of pyridine rings is 1. The van der Waals surface area contributed by atoms with Crippen LogP contribution < -0.4 is 0 Å². The van der Waals surface area contributed by atoms with Crippen LogP contribution in [0.3, 0.4) is 0 Å².